The van der Waals surface area contributed by atoms with Crippen LogP contribution < -0.4 is 4.74 Å². The molecule has 0 aliphatic heterocycles. The molecule has 1 aromatic heterocycles. The number of aryl methyl sites for hydroxylation is 1. The molecule has 5 nitrogen and oxygen atoms in total. The van der Waals surface area contributed by atoms with Gasteiger partial charge in [0.15, 0.2) is 0 Å². The SMILES string of the molecule is COc1ccc(-c2ccc(CCC(=O)O)n2-c2ccccc2O)cc1. The summed E-state index contributed by atoms with van der Waals surface area (Å²) in [6, 6.07) is 18.5. The lowest BCUT2D eigenvalue weighted by Crippen LogP contribution is -2.05. The Morgan fingerprint density at radius 2 is 1.76 bits per heavy atom. The molecule has 0 spiro atoms. The molecule has 1 heterocycles. The molecule has 0 saturated heterocycles. The van der Waals surface area contributed by atoms with Crippen molar-refractivity contribution < 1.29 is 19.7 Å². The largest absolute Gasteiger partial charge is 0.506 e. The highest BCUT2D eigenvalue weighted by Gasteiger charge is 2.15. The molecule has 2 N–H and O–H groups in total. The van der Waals surface area contributed by atoms with Gasteiger partial charge in [-0.05, 0) is 60.5 Å². The summed E-state index contributed by atoms with van der Waals surface area (Å²) in [5, 5.41) is 19.3. The fourth-order valence-corrected chi connectivity index (χ4v) is 2.83. The van der Waals surface area contributed by atoms with Crippen molar-refractivity contribution in [1.82, 2.24) is 4.57 Å². The molecule has 3 aromatic rings. The molecule has 0 radical (unpaired) electrons. The highest BCUT2D eigenvalue weighted by molar-refractivity contribution is 5.69. The summed E-state index contributed by atoms with van der Waals surface area (Å²) in [7, 11) is 1.61. The van der Waals surface area contributed by atoms with Crippen molar-refractivity contribution in [3.05, 3.63) is 66.4 Å². The van der Waals surface area contributed by atoms with Gasteiger partial charge in [0.05, 0.1) is 24.9 Å². The highest BCUT2D eigenvalue weighted by Crippen LogP contribution is 2.32. The van der Waals surface area contributed by atoms with Crippen LogP contribution in [-0.2, 0) is 11.2 Å². The third-order valence-electron chi connectivity index (χ3n) is 4.07. The molecule has 128 valence electrons. The number of para-hydroxylation sites is 2. The van der Waals surface area contributed by atoms with Crippen LogP contribution in [0.2, 0.25) is 0 Å². The van der Waals surface area contributed by atoms with Crippen molar-refractivity contribution in [3.8, 4) is 28.4 Å². The summed E-state index contributed by atoms with van der Waals surface area (Å²) >= 11 is 0. The Morgan fingerprint density at radius 1 is 1.04 bits per heavy atom. The molecular formula is C20H19NO4. The van der Waals surface area contributed by atoms with Gasteiger partial charge in [-0.25, -0.2) is 0 Å². The van der Waals surface area contributed by atoms with Crippen molar-refractivity contribution >= 4 is 5.97 Å². The number of aromatic nitrogens is 1. The van der Waals surface area contributed by atoms with E-state index in [4.69, 9.17) is 9.84 Å². The zero-order valence-electron chi connectivity index (χ0n) is 13.8. The Hall–Kier alpha value is -3.21. The Kier molecular flexibility index (Phi) is 4.75. The molecule has 3 rings (SSSR count). The minimum Gasteiger partial charge on any atom is -0.506 e. The summed E-state index contributed by atoms with van der Waals surface area (Å²) in [5.74, 6) is 0.0524. The maximum Gasteiger partial charge on any atom is 0.303 e. The first-order chi connectivity index (χ1) is 12.1. The van der Waals surface area contributed by atoms with Gasteiger partial charge in [0.2, 0.25) is 0 Å². The van der Waals surface area contributed by atoms with Crippen molar-refractivity contribution in [2.75, 3.05) is 7.11 Å². The lowest BCUT2D eigenvalue weighted by molar-refractivity contribution is -0.136. The lowest BCUT2D eigenvalue weighted by atomic mass is 10.1. The number of phenolic OH excluding ortho intramolecular Hbond substituents is 1. The Morgan fingerprint density at radius 3 is 2.40 bits per heavy atom. The Balaban J connectivity index is 2.11. The number of carbonyl (C=O) groups is 1. The number of aromatic hydroxyl groups is 1. The van der Waals surface area contributed by atoms with Gasteiger partial charge in [-0.15, -0.1) is 0 Å². The number of aliphatic carboxylic acids is 1. The van der Waals surface area contributed by atoms with E-state index in [-0.39, 0.29) is 12.2 Å². The summed E-state index contributed by atoms with van der Waals surface area (Å²) in [6.07, 6.45) is 0.402. The predicted octanol–water partition coefficient (Wildman–Crippen LogP) is 3.88. The van der Waals surface area contributed by atoms with Gasteiger partial charge in [-0.2, -0.15) is 0 Å². The monoisotopic (exact) mass is 337 g/mol. The van der Waals surface area contributed by atoms with E-state index in [9.17, 15) is 9.90 Å². The third-order valence-corrected chi connectivity index (χ3v) is 4.07. The molecular weight excluding hydrogens is 318 g/mol. The zero-order chi connectivity index (χ0) is 17.8. The molecule has 0 saturated carbocycles. The number of hydrogen-bond donors (Lipinski definition) is 2. The fraction of sp³-hybridized carbons (Fsp3) is 0.150. The van der Waals surface area contributed by atoms with E-state index >= 15 is 0 Å². The van der Waals surface area contributed by atoms with Crippen molar-refractivity contribution in [1.29, 1.82) is 0 Å². The number of phenols is 1. The van der Waals surface area contributed by atoms with Crippen LogP contribution in [0.5, 0.6) is 11.5 Å². The Bertz CT molecular complexity index is 881. The minimum absolute atomic E-state index is 0.0274. The number of ether oxygens (including phenoxy) is 1. The first kappa shape index (κ1) is 16.6. The average molecular weight is 337 g/mol. The maximum absolute atomic E-state index is 11.0. The van der Waals surface area contributed by atoms with E-state index in [1.165, 1.54) is 0 Å². The van der Waals surface area contributed by atoms with Crippen LogP contribution in [0.1, 0.15) is 12.1 Å². The summed E-state index contributed by atoms with van der Waals surface area (Å²) in [5.41, 5.74) is 3.28. The summed E-state index contributed by atoms with van der Waals surface area (Å²) in [6.45, 7) is 0. The summed E-state index contributed by atoms with van der Waals surface area (Å²) in [4.78, 5) is 11.0. The second-order valence-corrected chi connectivity index (χ2v) is 5.66. The van der Waals surface area contributed by atoms with Gasteiger partial charge in [0.25, 0.3) is 0 Å². The number of nitrogens with zero attached hydrogens (tertiary/aromatic N) is 1. The van der Waals surface area contributed by atoms with Gasteiger partial charge in [-0.1, -0.05) is 12.1 Å². The molecule has 0 aliphatic carbocycles. The first-order valence-electron chi connectivity index (χ1n) is 7.95. The lowest BCUT2D eigenvalue weighted by Gasteiger charge is -2.15. The highest BCUT2D eigenvalue weighted by atomic mass is 16.5. The number of hydrogen-bond acceptors (Lipinski definition) is 3. The van der Waals surface area contributed by atoms with Crippen molar-refractivity contribution in [3.63, 3.8) is 0 Å². The number of methoxy groups -OCH3 is 1. The van der Waals surface area contributed by atoms with Gasteiger partial charge < -0.3 is 19.5 Å². The molecule has 2 aromatic carbocycles. The van der Waals surface area contributed by atoms with Crippen LogP contribution in [-0.4, -0.2) is 27.9 Å². The van der Waals surface area contributed by atoms with Crippen LogP contribution in [0.25, 0.3) is 16.9 Å². The maximum atomic E-state index is 11.0. The molecule has 0 aliphatic rings. The van der Waals surface area contributed by atoms with Crippen LogP contribution in [0.4, 0.5) is 0 Å². The van der Waals surface area contributed by atoms with Crippen LogP contribution >= 0.6 is 0 Å². The average Bonchev–Trinajstić information content (AvgIpc) is 3.04. The molecule has 0 fully saturated rings. The second kappa shape index (κ2) is 7.13. The Labute approximate surface area is 145 Å². The quantitative estimate of drug-likeness (QED) is 0.716. The first-order valence-corrected chi connectivity index (χ1v) is 7.95. The van der Waals surface area contributed by atoms with Crippen LogP contribution in [0, 0.1) is 0 Å². The van der Waals surface area contributed by atoms with Gasteiger partial charge in [0, 0.05) is 5.69 Å². The van der Waals surface area contributed by atoms with Crippen molar-refractivity contribution in [2.45, 2.75) is 12.8 Å². The number of rotatable bonds is 6. The molecule has 0 unspecified atom stereocenters. The van der Waals surface area contributed by atoms with E-state index in [1.54, 1.807) is 19.2 Å². The molecule has 25 heavy (non-hydrogen) atoms. The smallest absolute Gasteiger partial charge is 0.303 e. The van der Waals surface area contributed by atoms with Crippen LogP contribution in [0.15, 0.2) is 60.7 Å². The summed E-state index contributed by atoms with van der Waals surface area (Å²) < 4.78 is 7.10. The van der Waals surface area contributed by atoms with E-state index in [1.807, 2.05) is 53.1 Å². The van der Waals surface area contributed by atoms with E-state index in [0.717, 1.165) is 22.7 Å². The fourth-order valence-electron chi connectivity index (χ4n) is 2.83. The number of benzene rings is 2. The second-order valence-electron chi connectivity index (χ2n) is 5.66. The van der Waals surface area contributed by atoms with E-state index in [2.05, 4.69) is 0 Å². The molecule has 0 atom stereocenters. The molecule has 5 heteroatoms. The molecule has 0 amide bonds. The normalized spacial score (nSPS) is 10.6. The topological polar surface area (TPSA) is 71.7 Å². The van der Waals surface area contributed by atoms with Gasteiger partial charge >= 0.3 is 5.97 Å². The third kappa shape index (κ3) is 3.50. The van der Waals surface area contributed by atoms with Crippen LogP contribution in [0.3, 0.4) is 0 Å². The van der Waals surface area contributed by atoms with Gasteiger partial charge in [-0.3, -0.25) is 4.79 Å². The van der Waals surface area contributed by atoms with E-state index in [0.29, 0.717) is 12.1 Å². The van der Waals surface area contributed by atoms with E-state index < -0.39 is 5.97 Å². The van der Waals surface area contributed by atoms with Gasteiger partial charge in [0.1, 0.15) is 11.5 Å². The molecule has 0 bridgehead atoms. The van der Waals surface area contributed by atoms with Crippen molar-refractivity contribution in [2.24, 2.45) is 0 Å². The zero-order valence-corrected chi connectivity index (χ0v) is 13.8. The number of carboxylic acid groups (broad SMARTS) is 1. The minimum atomic E-state index is -0.851. The predicted molar refractivity (Wildman–Crippen MR) is 95.4 cm³/mol. The standard InChI is InChI=1S/C20H19NO4/c1-25-16-10-6-14(7-11-16)17-12-8-15(9-13-20(23)24)21(17)18-4-2-3-5-19(18)22/h2-8,10-12,22H,9,13H2,1H3,(H,23,24). The number of carboxylic acids is 1.